The molecule has 1 aromatic heterocycles. The number of thiophene rings is 1. The van der Waals surface area contributed by atoms with Crippen molar-refractivity contribution in [2.45, 2.75) is 25.5 Å². The maximum Gasteiger partial charge on any atom is 0.415 e. The molecular weight excluding hydrogens is 375 g/mol. The third-order valence-electron chi connectivity index (χ3n) is 5.15. The van der Waals surface area contributed by atoms with Gasteiger partial charge in [-0.2, -0.15) is 0 Å². The Morgan fingerprint density at radius 3 is 2.65 bits per heavy atom. The topological polar surface area (TPSA) is 32.8 Å². The smallest absolute Gasteiger partial charge is 0.415 e. The number of amides is 1. The Bertz CT molecular complexity index is 791. The standard InChI is InChI=1S/C19H20ClFN2O2S/c20-18-6-5-14(26-18)11-23(16-4-2-1-3-15(16)21)19(24)25-17-12-22-9-7-13(17)8-10-22/h1-6,13,17H,7-12H2. The third-order valence-corrected chi connectivity index (χ3v) is 6.37. The fourth-order valence-electron chi connectivity index (χ4n) is 3.75. The highest BCUT2D eigenvalue weighted by molar-refractivity contribution is 7.16. The van der Waals surface area contributed by atoms with Crippen LogP contribution < -0.4 is 4.90 Å². The van der Waals surface area contributed by atoms with Crippen LogP contribution in [0.25, 0.3) is 0 Å². The number of fused-ring (bicyclic) bond motifs is 3. The largest absolute Gasteiger partial charge is 0.444 e. The molecule has 0 aliphatic carbocycles. The number of ether oxygens (including phenoxy) is 1. The number of nitrogens with zero attached hydrogens (tertiary/aromatic N) is 2. The zero-order valence-electron chi connectivity index (χ0n) is 14.2. The molecule has 3 fully saturated rings. The van der Waals surface area contributed by atoms with Gasteiger partial charge in [-0.1, -0.05) is 23.7 Å². The van der Waals surface area contributed by atoms with Crippen LogP contribution in [0, 0.1) is 11.7 Å². The van der Waals surface area contributed by atoms with E-state index in [2.05, 4.69) is 4.90 Å². The molecule has 3 saturated heterocycles. The summed E-state index contributed by atoms with van der Waals surface area (Å²) in [6.07, 6.45) is 1.49. The summed E-state index contributed by atoms with van der Waals surface area (Å²) in [6.45, 7) is 3.15. The molecular formula is C19H20ClFN2O2S. The highest BCUT2D eigenvalue weighted by Gasteiger charge is 2.37. The van der Waals surface area contributed by atoms with E-state index in [1.165, 1.54) is 22.3 Å². The third kappa shape index (κ3) is 3.72. The number of benzene rings is 1. The molecule has 3 aliphatic heterocycles. The summed E-state index contributed by atoms with van der Waals surface area (Å²) in [5.74, 6) is -0.0383. The second-order valence-corrected chi connectivity index (χ2v) is 8.60. The normalized spacial score (nSPS) is 24.5. The molecule has 7 heteroatoms. The molecule has 1 atom stereocenters. The molecule has 2 aromatic rings. The Morgan fingerprint density at radius 1 is 1.27 bits per heavy atom. The number of carbonyl (C=O) groups is 1. The Balaban J connectivity index is 1.55. The van der Waals surface area contributed by atoms with Crippen molar-refractivity contribution in [3.05, 3.63) is 51.4 Å². The molecule has 1 aromatic carbocycles. The summed E-state index contributed by atoms with van der Waals surface area (Å²) in [6, 6.07) is 9.90. The Labute approximate surface area is 161 Å². The summed E-state index contributed by atoms with van der Waals surface area (Å²) in [7, 11) is 0. The molecule has 0 radical (unpaired) electrons. The van der Waals surface area contributed by atoms with Crippen molar-refractivity contribution in [2.75, 3.05) is 24.5 Å². The van der Waals surface area contributed by atoms with Crippen LogP contribution in [0.15, 0.2) is 36.4 Å². The average molecular weight is 395 g/mol. The van der Waals surface area contributed by atoms with Gasteiger partial charge in [0.05, 0.1) is 16.6 Å². The van der Waals surface area contributed by atoms with Gasteiger partial charge in [-0.3, -0.25) is 9.80 Å². The Kier molecular flexibility index (Phi) is 5.16. The molecule has 2 bridgehead atoms. The minimum atomic E-state index is -0.502. The zero-order chi connectivity index (χ0) is 18.1. The van der Waals surface area contributed by atoms with Crippen LogP contribution in [0.5, 0.6) is 0 Å². The first kappa shape index (κ1) is 17.8. The number of anilines is 1. The second kappa shape index (κ2) is 7.55. The monoisotopic (exact) mass is 394 g/mol. The maximum absolute atomic E-state index is 14.4. The van der Waals surface area contributed by atoms with E-state index in [4.69, 9.17) is 16.3 Å². The number of piperidine rings is 3. The van der Waals surface area contributed by atoms with E-state index in [1.54, 1.807) is 24.3 Å². The van der Waals surface area contributed by atoms with Gasteiger partial charge in [-0.05, 0) is 56.1 Å². The predicted octanol–water partition coefficient (Wildman–Crippen LogP) is 4.78. The molecule has 0 spiro atoms. The molecule has 4 heterocycles. The lowest BCUT2D eigenvalue weighted by Gasteiger charge is -2.44. The van der Waals surface area contributed by atoms with Gasteiger partial charge in [0, 0.05) is 11.4 Å². The van der Waals surface area contributed by atoms with Gasteiger partial charge in [-0.25, -0.2) is 9.18 Å². The molecule has 1 unspecified atom stereocenters. The summed E-state index contributed by atoms with van der Waals surface area (Å²) in [5.41, 5.74) is 0.225. The second-order valence-electron chi connectivity index (χ2n) is 6.80. The zero-order valence-corrected chi connectivity index (χ0v) is 15.8. The number of hydrogen-bond donors (Lipinski definition) is 0. The lowest BCUT2D eigenvalue weighted by atomic mass is 9.86. The van der Waals surface area contributed by atoms with Crippen molar-refractivity contribution in [3.8, 4) is 0 Å². The fourth-order valence-corrected chi connectivity index (χ4v) is 4.83. The molecule has 0 N–H and O–H groups in total. The quantitative estimate of drug-likeness (QED) is 0.748. The highest BCUT2D eigenvalue weighted by Crippen LogP contribution is 2.32. The van der Waals surface area contributed by atoms with Crippen molar-refractivity contribution < 1.29 is 13.9 Å². The molecule has 138 valence electrons. The summed E-state index contributed by atoms with van der Waals surface area (Å²) in [4.78, 5) is 17.5. The Morgan fingerprint density at radius 2 is 2.04 bits per heavy atom. The fraction of sp³-hybridized carbons (Fsp3) is 0.421. The SMILES string of the molecule is O=C(OC1CN2CCC1CC2)N(Cc1ccc(Cl)s1)c1ccccc1F. The van der Waals surface area contributed by atoms with Crippen molar-refractivity contribution in [2.24, 2.45) is 5.92 Å². The summed E-state index contributed by atoms with van der Waals surface area (Å²) < 4.78 is 20.8. The lowest BCUT2D eigenvalue weighted by molar-refractivity contribution is -0.0311. The van der Waals surface area contributed by atoms with Crippen molar-refractivity contribution in [1.82, 2.24) is 4.90 Å². The first-order valence-corrected chi connectivity index (χ1v) is 9.99. The van der Waals surface area contributed by atoms with Crippen LogP contribution in [-0.2, 0) is 11.3 Å². The van der Waals surface area contributed by atoms with Crippen LogP contribution in [-0.4, -0.2) is 36.7 Å². The van der Waals surface area contributed by atoms with Crippen LogP contribution in [0.3, 0.4) is 0 Å². The van der Waals surface area contributed by atoms with Crippen LogP contribution >= 0.6 is 22.9 Å². The van der Waals surface area contributed by atoms with Gasteiger partial charge < -0.3 is 4.74 Å². The van der Waals surface area contributed by atoms with Crippen LogP contribution in [0.4, 0.5) is 14.9 Å². The van der Waals surface area contributed by atoms with Gasteiger partial charge >= 0.3 is 6.09 Å². The van der Waals surface area contributed by atoms with E-state index in [-0.39, 0.29) is 18.3 Å². The first-order valence-electron chi connectivity index (χ1n) is 8.79. The van der Waals surface area contributed by atoms with E-state index in [1.807, 2.05) is 6.07 Å². The van der Waals surface area contributed by atoms with E-state index >= 15 is 0 Å². The van der Waals surface area contributed by atoms with Gasteiger partial charge in [0.2, 0.25) is 0 Å². The summed E-state index contributed by atoms with van der Waals surface area (Å²) >= 11 is 7.38. The minimum absolute atomic E-state index is 0.119. The molecule has 1 amide bonds. The molecule has 4 nitrogen and oxygen atoms in total. The number of carbonyl (C=O) groups excluding carboxylic acids is 1. The van der Waals surface area contributed by atoms with Crippen LogP contribution in [0.1, 0.15) is 17.7 Å². The van der Waals surface area contributed by atoms with Gasteiger partial charge in [0.15, 0.2) is 0 Å². The van der Waals surface area contributed by atoms with Crippen molar-refractivity contribution >= 4 is 34.7 Å². The predicted molar refractivity (Wildman–Crippen MR) is 101 cm³/mol. The average Bonchev–Trinajstić information content (AvgIpc) is 3.06. The highest BCUT2D eigenvalue weighted by atomic mass is 35.5. The van der Waals surface area contributed by atoms with Crippen molar-refractivity contribution in [3.63, 3.8) is 0 Å². The lowest BCUT2D eigenvalue weighted by Crippen LogP contribution is -2.53. The molecule has 3 aliphatic rings. The number of para-hydroxylation sites is 1. The number of hydrogen-bond acceptors (Lipinski definition) is 4. The molecule has 5 rings (SSSR count). The van der Waals surface area contributed by atoms with Gasteiger partial charge in [0.25, 0.3) is 0 Å². The molecule has 0 saturated carbocycles. The Hall–Kier alpha value is -1.63. The maximum atomic E-state index is 14.4. The van der Waals surface area contributed by atoms with Gasteiger partial charge in [0.1, 0.15) is 11.9 Å². The minimum Gasteiger partial charge on any atom is -0.444 e. The van der Waals surface area contributed by atoms with E-state index < -0.39 is 11.9 Å². The first-order chi connectivity index (χ1) is 12.6. The van der Waals surface area contributed by atoms with Crippen molar-refractivity contribution in [1.29, 1.82) is 0 Å². The molecule has 26 heavy (non-hydrogen) atoms. The van der Waals surface area contributed by atoms with Crippen LogP contribution in [0.2, 0.25) is 4.34 Å². The van der Waals surface area contributed by atoms with E-state index in [0.717, 1.165) is 37.4 Å². The number of rotatable bonds is 4. The van der Waals surface area contributed by atoms with E-state index in [9.17, 15) is 9.18 Å². The van der Waals surface area contributed by atoms with E-state index in [0.29, 0.717) is 10.3 Å². The van der Waals surface area contributed by atoms with Gasteiger partial charge in [-0.15, -0.1) is 11.3 Å². The number of halogens is 2. The summed E-state index contributed by atoms with van der Waals surface area (Å²) in [5, 5.41) is 0.